The Morgan fingerprint density at radius 1 is 1.63 bits per heavy atom. The minimum atomic E-state index is -0.359. The van der Waals surface area contributed by atoms with Crippen molar-refractivity contribution in [2.24, 2.45) is 5.73 Å². The molecule has 1 aliphatic carbocycles. The van der Waals surface area contributed by atoms with Gasteiger partial charge in [-0.05, 0) is 31.2 Å². The number of nitrogens with zero attached hydrogens (tertiary/aromatic N) is 3. The molecule has 0 saturated heterocycles. The molecule has 0 bridgehead atoms. The summed E-state index contributed by atoms with van der Waals surface area (Å²) in [5, 5.41) is 14.7. The van der Waals surface area contributed by atoms with Crippen molar-refractivity contribution in [1.29, 1.82) is 0 Å². The third-order valence-corrected chi connectivity index (χ3v) is 3.99. The number of carbonyl (C=O) groups is 1. The second kappa shape index (κ2) is 4.43. The lowest BCUT2D eigenvalue weighted by molar-refractivity contribution is 0.0939. The van der Waals surface area contributed by atoms with Gasteiger partial charge >= 0.3 is 0 Å². The summed E-state index contributed by atoms with van der Waals surface area (Å²) in [6.45, 7) is 1.88. The van der Waals surface area contributed by atoms with Crippen molar-refractivity contribution < 1.29 is 4.79 Å². The molecule has 2 aromatic rings. The Labute approximate surface area is 114 Å². The molecule has 19 heavy (non-hydrogen) atoms. The molecule has 100 valence electrons. The zero-order chi connectivity index (χ0) is 13.5. The van der Waals surface area contributed by atoms with Gasteiger partial charge in [-0.2, -0.15) is 11.3 Å². The zero-order valence-corrected chi connectivity index (χ0v) is 11.4. The lowest BCUT2D eigenvalue weighted by Crippen LogP contribution is -2.28. The van der Waals surface area contributed by atoms with Crippen LogP contribution in [0.15, 0.2) is 23.0 Å². The summed E-state index contributed by atoms with van der Waals surface area (Å²) >= 11 is 1.50. The minimum absolute atomic E-state index is 0.0998. The molecule has 0 aromatic carbocycles. The quantitative estimate of drug-likeness (QED) is 0.880. The largest absolute Gasteiger partial charge is 0.344 e. The van der Waals surface area contributed by atoms with Crippen LogP contribution in [0.4, 0.5) is 0 Å². The molecule has 1 aliphatic rings. The Kier molecular flexibility index (Phi) is 2.87. The number of nitrogens with two attached hydrogens (primary N) is 1. The Balaban J connectivity index is 1.68. The lowest BCUT2D eigenvalue weighted by atomic mass is 10.2. The molecule has 0 radical (unpaired) electrons. The van der Waals surface area contributed by atoms with Gasteiger partial charge in [-0.15, -0.1) is 5.10 Å². The highest BCUT2D eigenvalue weighted by Crippen LogP contribution is 2.36. The average molecular weight is 277 g/mol. The summed E-state index contributed by atoms with van der Waals surface area (Å²) in [7, 11) is 0. The van der Waals surface area contributed by atoms with Gasteiger partial charge in [-0.3, -0.25) is 4.79 Å². The van der Waals surface area contributed by atoms with E-state index in [4.69, 9.17) is 5.73 Å². The fourth-order valence-electron chi connectivity index (χ4n) is 1.80. The maximum absolute atomic E-state index is 11.9. The number of nitrogens with one attached hydrogen (secondary N) is 1. The number of amides is 1. The van der Waals surface area contributed by atoms with Crippen LogP contribution in [0.1, 0.15) is 41.9 Å². The van der Waals surface area contributed by atoms with Gasteiger partial charge in [0.25, 0.3) is 5.91 Å². The smallest absolute Gasteiger partial charge is 0.252 e. The summed E-state index contributed by atoms with van der Waals surface area (Å²) in [4.78, 5) is 11.9. The normalized spacial score (nSPS) is 18.0. The molecule has 1 saturated carbocycles. The van der Waals surface area contributed by atoms with Crippen molar-refractivity contribution in [3.05, 3.63) is 34.3 Å². The molecule has 6 nitrogen and oxygen atoms in total. The van der Waals surface area contributed by atoms with E-state index < -0.39 is 0 Å². The molecule has 0 aliphatic heterocycles. The SMILES string of the molecule is C[C@H](NC(=O)c1ccsc1)c1cn(C2(N)CC2)nn1. The maximum Gasteiger partial charge on any atom is 0.252 e. The molecule has 1 amide bonds. The molecule has 0 spiro atoms. The number of hydrogen-bond acceptors (Lipinski definition) is 5. The molecule has 1 fully saturated rings. The Hall–Kier alpha value is -1.73. The van der Waals surface area contributed by atoms with Crippen LogP contribution in [0.2, 0.25) is 0 Å². The molecule has 3 rings (SSSR count). The van der Waals surface area contributed by atoms with Crippen molar-refractivity contribution >= 4 is 17.2 Å². The zero-order valence-electron chi connectivity index (χ0n) is 10.5. The number of thiophene rings is 1. The van der Waals surface area contributed by atoms with E-state index in [9.17, 15) is 4.79 Å². The lowest BCUT2D eigenvalue weighted by Gasteiger charge is -2.10. The van der Waals surface area contributed by atoms with Gasteiger partial charge < -0.3 is 11.1 Å². The van der Waals surface area contributed by atoms with Gasteiger partial charge in [0.15, 0.2) is 0 Å². The topological polar surface area (TPSA) is 85.8 Å². The monoisotopic (exact) mass is 277 g/mol. The van der Waals surface area contributed by atoms with Crippen molar-refractivity contribution in [1.82, 2.24) is 20.3 Å². The first-order valence-corrected chi connectivity index (χ1v) is 7.07. The van der Waals surface area contributed by atoms with Crippen LogP contribution in [-0.4, -0.2) is 20.9 Å². The predicted octanol–water partition coefficient (Wildman–Crippen LogP) is 1.24. The van der Waals surface area contributed by atoms with Crippen LogP contribution in [0.25, 0.3) is 0 Å². The molecule has 3 N–H and O–H groups in total. The van der Waals surface area contributed by atoms with Gasteiger partial charge in [0.1, 0.15) is 11.4 Å². The van der Waals surface area contributed by atoms with Crippen molar-refractivity contribution in [3.63, 3.8) is 0 Å². The predicted molar refractivity (Wildman–Crippen MR) is 71.6 cm³/mol. The van der Waals surface area contributed by atoms with E-state index in [1.165, 1.54) is 11.3 Å². The van der Waals surface area contributed by atoms with Gasteiger partial charge in [-0.1, -0.05) is 5.21 Å². The fourth-order valence-corrected chi connectivity index (χ4v) is 2.43. The van der Waals surface area contributed by atoms with Gasteiger partial charge in [0.2, 0.25) is 0 Å². The van der Waals surface area contributed by atoms with Crippen LogP contribution in [-0.2, 0) is 5.66 Å². The Morgan fingerprint density at radius 3 is 3.05 bits per heavy atom. The first-order valence-electron chi connectivity index (χ1n) is 6.13. The highest BCUT2D eigenvalue weighted by molar-refractivity contribution is 7.08. The Morgan fingerprint density at radius 2 is 2.42 bits per heavy atom. The number of carbonyl (C=O) groups excluding carboxylic acids is 1. The molecular weight excluding hydrogens is 262 g/mol. The number of rotatable bonds is 4. The molecule has 2 heterocycles. The molecule has 7 heteroatoms. The van der Waals surface area contributed by atoms with Crippen molar-refractivity contribution in [2.75, 3.05) is 0 Å². The first-order chi connectivity index (χ1) is 9.08. The standard InChI is InChI=1S/C12H15N5OS/c1-8(14-11(18)9-2-5-19-7-9)10-6-17(16-15-10)12(13)3-4-12/h2,5-8H,3-4,13H2,1H3,(H,14,18)/t8-/m0/s1. The second-order valence-electron chi connectivity index (χ2n) is 4.90. The van der Waals surface area contributed by atoms with Crippen LogP contribution < -0.4 is 11.1 Å². The fraction of sp³-hybridized carbons (Fsp3) is 0.417. The summed E-state index contributed by atoms with van der Waals surface area (Å²) in [6.07, 6.45) is 3.66. The molecule has 2 aromatic heterocycles. The number of hydrogen-bond donors (Lipinski definition) is 2. The number of aromatic nitrogens is 3. The van der Waals surface area contributed by atoms with Gasteiger partial charge in [-0.25, -0.2) is 4.68 Å². The van der Waals surface area contributed by atoms with Crippen molar-refractivity contribution in [2.45, 2.75) is 31.5 Å². The summed E-state index contributed by atoms with van der Waals surface area (Å²) in [5.74, 6) is -0.0998. The molecular formula is C12H15N5OS. The minimum Gasteiger partial charge on any atom is -0.344 e. The highest BCUT2D eigenvalue weighted by Gasteiger charge is 2.41. The van der Waals surface area contributed by atoms with E-state index in [1.807, 2.05) is 23.9 Å². The van der Waals surface area contributed by atoms with E-state index in [1.54, 1.807) is 10.7 Å². The van der Waals surface area contributed by atoms with E-state index >= 15 is 0 Å². The van der Waals surface area contributed by atoms with E-state index in [0.29, 0.717) is 5.56 Å². The van der Waals surface area contributed by atoms with Crippen LogP contribution in [0.5, 0.6) is 0 Å². The highest BCUT2D eigenvalue weighted by atomic mass is 32.1. The van der Waals surface area contributed by atoms with E-state index in [0.717, 1.165) is 18.5 Å². The van der Waals surface area contributed by atoms with Crippen molar-refractivity contribution in [3.8, 4) is 0 Å². The summed E-state index contributed by atoms with van der Waals surface area (Å²) < 4.78 is 1.69. The molecule has 1 atom stereocenters. The van der Waals surface area contributed by atoms with Crippen LogP contribution in [0, 0.1) is 0 Å². The Bertz CT molecular complexity index is 587. The average Bonchev–Trinajstić information content (AvgIpc) is 2.93. The van der Waals surface area contributed by atoms with Crippen LogP contribution >= 0.6 is 11.3 Å². The summed E-state index contributed by atoms with van der Waals surface area (Å²) in [5.41, 5.74) is 7.07. The second-order valence-corrected chi connectivity index (χ2v) is 5.68. The van der Waals surface area contributed by atoms with E-state index in [-0.39, 0.29) is 17.6 Å². The summed E-state index contributed by atoms with van der Waals surface area (Å²) in [6, 6.07) is 1.60. The van der Waals surface area contributed by atoms with Crippen LogP contribution in [0.3, 0.4) is 0 Å². The van der Waals surface area contributed by atoms with Gasteiger partial charge in [0.05, 0.1) is 17.8 Å². The maximum atomic E-state index is 11.9. The molecule has 0 unspecified atom stereocenters. The third kappa shape index (κ3) is 2.39. The first kappa shape index (κ1) is 12.3. The third-order valence-electron chi connectivity index (χ3n) is 3.30. The van der Waals surface area contributed by atoms with Gasteiger partial charge in [0, 0.05) is 5.38 Å². The van der Waals surface area contributed by atoms with E-state index in [2.05, 4.69) is 15.6 Å².